The molecular formula is C14H27N3. The van der Waals surface area contributed by atoms with Crippen molar-refractivity contribution in [2.24, 2.45) is 7.05 Å². The van der Waals surface area contributed by atoms with E-state index in [0.717, 1.165) is 6.54 Å². The summed E-state index contributed by atoms with van der Waals surface area (Å²) >= 11 is 0. The van der Waals surface area contributed by atoms with Gasteiger partial charge in [0.15, 0.2) is 0 Å². The van der Waals surface area contributed by atoms with Crippen LogP contribution in [0.15, 0.2) is 6.20 Å². The van der Waals surface area contributed by atoms with Crippen LogP contribution in [0.4, 0.5) is 0 Å². The number of hydrogen-bond donors (Lipinski definition) is 1. The fourth-order valence-corrected chi connectivity index (χ4v) is 2.12. The lowest BCUT2D eigenvalue weighted by Crippen LogP contribution is -2.28. The minimum Gasteiger partial charge on any atom is -0.310 e. The van der Waals surface area contributed by atoms with Gasteiger partial charge in [-0.1, -0.05) is 33.1 Å². The number of unbranched alkanes of at least 4 members (excludes halogenated alkanes) is 1. The highest BCUT2D eigenvalue weighted by Gasteiger charge is 2.09. The fraction of sp³-hybridized carbons (Fsp3) is 0.786. The minimum atomic E-state index is 0.666. The summed E-state index contributed by atoms with van der Waals surface area (Å²) in [5.41, 5.74) is 2.59. The van der Waals surface area contributed by atoms with Crippen molar-refractivity contribution in [1.29, 1.82) is 0 Å². The third-order valence-corrected chi connectivity index (χ3v) is 3.46. The summed E-state index contributed by atoms with van der Waals surface area (Å²) in [6.45, 7) is 7.60. The average Bonchev–Trinajstić information content (AvgIpc) is 2.64. The smallest absolute Gasteiger partial charge is 0.0537 e. The van der Waals surface area contributed by atoms with Crippen LogP contribution in [0.3, 0.4) is 0 Å². The molecule has 0 saturated carbocycles. The first kappa shape index (κ1) is 14.2. The molecule has 1 aromatic heterocycles. The van der Waals surface area contributed by atoms with Gasteiger partial charge < -0.3 is 5.32 Å². The molecule has 0 radical (unpaired) electrons. The molecule has 1 atom stereocenters. The predicted octanol–water partition coefficient (Wildman–Crippen LogP) is 3.18. The third kappa shape index (κ3) is 4.50. The standard InChI is InChI=1S/C14H27N3/c1-5-7-9-14(8-6-2)15-10-13-11-16-17(4)12(13)3/h11,14-15H,5-10H2,1-4H3. The van der Waals surface area contributed by atoms with Crippen molar-refractivity contribution in [3.8, 4) is 0 Å². The van der Waals surface area contributed by atoms with Crippen LogP contribution in [0.1, 0.15) is 57.2 Å². The van der Waals surface area contributed by atoms with Gasteiger partial charge in [-0.3, -0.25) is 4.68 Å². The van der Waals surface area contributed by atoms with Crippen LogP contribution in [-0.2, 0) is 13.6 Å². The molecule has 0 spiro atoms. The molecule has 0 aliphatic heterocycles. The van der Waals surface area contributed by atoms with Crippen LogP contribution in [0.2, 0.25) is 0 Å². The van der Waals surface area contributed by atoms with E-state index in [1.807, 2.05) is 17.9 Å². The highest BCUT2D eigenvalue weighted by molar-refractivity contribution is 5.15. The van der Waals surface area contributed by atoms with E-state index in [1.54, 1.807) is 0 Å². The van der Waals surface area contributed by atoms with Crippen LogP contribution in [0.25, 0.3) is 0 Å². The first-order valence-corrected chi connectivity index (χ1v) is 6.89. The van der Waals surface area contributed by atoms with E-state index >= 15 is 0 Å². The van der Waals surface area contributed by atoms with Crippen molar-refractivity contribution in [3.63, 3.8) is 0 Å². The molecule has 0 amide bonds. The number of hydrogen-bond acceptors (Lipinski definition) is 2. The average molecular weight is 237 g/mol. The maximum absolute atomic E-state index is 4.28. The zero-order valence-corrected chi connectivity index (χ0v) is 11.8. The summed E-state index contributed by atoms with van der Waals surface area (Å²) in [5.74, 6) is 0. The maximum Gasteiger partial charge on any atom is 0.0537 e. The summed E-state index contributed by atoms with van der Waals surface area (Å²) in [4.78, 5) is 0. The second kappa shape index (κ2) is 7.49. The fourth-order valence-electron chi connectivity index (χ4n) is 2.12. The Morgan fingerprint density at radius 3 is 2.59 bits per heavy atom. The van der Waals surface area contributed by atoms with E-state index in [4.69, 9.17) is 0 Å². The van der Waals surface area contributed by atoms with Crippen molar-refractivity contribution in [2.45, 2.75) is 65.5 Å². The normalized spacial score (nSPS) is 12.9. The Morgan fingerprint density at radius 2 is 2.06 bits per heavy atom. The third-order valence-electron chi connectivity index (χ3n) is 3.46. The van der Waals surface area contributed by atoms with Crippen molar-refractivity contribution in [1.82, 2.24) is 15.1 Å². The summed E-state index contributed by atoms with van der Waals surface area (Å²) < 4.78 is 1.94. The van der Waals surface area contributed by atoms with Crippen molar-refractivity contribution in [2.75, 3.05) is 0 Å². The molecule has 1 heterocycles. The van der Waals surface area contributed by atoms with Crippen LogP contribution in [-0.4, -0.2) is 15.8 Å². The Balaban J connectivity index is 2.42. The molecule has 0 saturated heterocycles. The van der Waals surface area contributed by atoms with Gasteiger partial charge in [0, 0.05) is 30.9 Å². The molecule has 0 aromatic carbocycles. The molecule has 98 valence electrons. The second-order valence-electron chi connectivity index (χ2n) is 4.89. The Kier molecular flexibility index (Phi) is 6.27. The van der Waals surface area contributed by atoms with Crippen LogP contribution < -0.4 is 5.32 Å². The summed E-state index contributed by atoms with van der Waals surface area (Å²) in [6.07, 6.45) is 8.42. The van der Waals surface area contributed by atoms with Crippen molar-refractivity contribution in [3.05, 3.63) is 17.5 Å². The molecule has 0 aliphatic carbocycles. The van der Waals surface area contributed by atoms with Gasteiger partial charge in [0.05, 0.1) is 6.20 Å². The second-order valence-corrected chi connectivity index (χ2v) is 4.89. The van der Waals surface area contributed by atoms with E-state index in [1.165, 1.54) is 43.4 Å². The van der Waals surface area contributed by atoms with E-state index in [-0.39, 0.29) is 0 Å². The lowest BCUT2D eigenvalue weighted by atomic mass is 10.0. The molecule has 0 bridgehead atoms. The topological polar surface area (TPSA) is 29.9 Å². The van der Waals surface area contributed by atoms with Crippen molar-refractivity contribution < 1.29 is 0 Å². The molecule has 1 aromatic rings. The highest BCUT2D eigenvalue weighted by atomic mass is 15.3. The molecule has 1 rings (SSSR count). The molecule has 1 N–H and O–H groups in total. The van der Waals surface area contributed by atoms with Gasteiger partial charge in [0.2, 0.25) is 0 Å². The Hall–Kier alpha value is -0.830. The minimum absolute atomic E-state index is 0.666. The van der Waals surface area contributed by atoms with Gasteiger partial charge in [-0.2, -0.15) is 5.10 Å². The Bertz CT molecular complexity index is 317. The number of nitrogens with one attached hydrogen (secondary N) is 1. The molecular weight excluding hydrogens is 210 g/mol. The number of aryl methyl sites for hydroxylation is 1. The highest BCUT2D eigenvalue weighted by Crippen LogP contribution is 2.10. The first-order chi connectivity index (χ1) is 8.19. The Morgan fingerprint density at radius 1 is 1.29 bits per heavy atom. The monoisotopic (exact) mass is 237 g/mol. The predicted molar refractivity (Wildman–Crippen MR) is 73.0 cm³/mol. The molecule has 17 heavy (non-hydrogen) atoms. The van der Waals surface area contributed by atoms with Crippen LogP contribution in [0.5, 0.6) is 0 Å². The molecule has 3 heteroatoms. The number of aromatic nitrogens is 2. The summed E-state index contributed by atoms with van der Waals surface area (Å²) in [5, 5.41) is 7.95. The zero-order chi connectivity index (χ0) is 12.7. The van der Waals surface area contributed by atoms with Gasteiger partial charge in [-0.15, -0.1) is 0 Å². The van der Waals surface area contributed by atoms with Gasteiger partial charge in [0.1, 0.15) is 0 Å². The summed E-state index contributed by atoms with van der Waals surface area (Å²) in [6, 6.07) is 0.666. The molecule has 3 nitrogen and oxygen atoms in total. The number of nitrogens with zero attached hydrogens (tertiary/aromatic N) is 2. The molecule has 1 unspecified atom stereocenters. The number of rotatable bonds is 8. The SMILES string of the molecule is CCCCC(CCC)NCc1cnn(C)c1C. The van der Waals surface area contributed by atoms with Crippen LogP contribution >= 0.6 is 0 Å². The summed E-state index contributed by atoms with van der Waals surface area (Å²) in [7, 11) is 2.00. The zero-order valence-electron chi connectivity index (χ0n) is 11.8. The van der Waals surface area contributed by atoms with E-state index < -0.39 is 0 Å². The quantitative estimate of drug-likeness (QED) is 0.752. The Labute approximate surface area is 106 Å². The van der Waals surface area contributed by atoms with Crippen LogP contribution in [0, 0.1) is 6.92 Å². The lowest BCUT2D eigenvalue weighted by molar-refractivity contribution is 0.433. The van der Waals surface area contributed by atoms with Crippen molar-refractivity contribution >= 4 is 0 Å². The lowest BCUT2D eigenvalue weighted by Gasteiger charge is -2.17. The van der Waals surface area contributed by atoms with E-state index in [0.29, 0.717) is 6.04 Å². The molecule has 0 fully saturated rings. The van der Waals surface area contributed by atoms with Gasteiger partial charge in [0.25, 0.3) is 0 Å². The first-order valence-electron chi connectivity index (χ1n) is 6.89. The maximum atomic E-state index is 4.28. The largest absolute Gasteiger partial charge is 0.310 e. The van der Waals surface area contributed by atoms with Gasteiger partial charge in [-0.25, -0.2) is 0 Å². The van der Waals surface area contributed by atoms with E-state index in [9.17, 15) is 0 Å². The van der Waals surface area contributed by atoms with Gasteiger partial charge in [-0.05, 0) is 19.8 Å². The molecule has 0 aliphatic rings. The van der Waals surface area contributed by atoms with Gasteiger partial charge >= 0.3 is 0 Å². The van der Waals surface area contributed by atoms with E-state index in [2.05, 4.69) is 31.2 Å².